The van der Waals surface area contributed by atoms with Gasteiger partial charge in [0.25, 0.3) is 5.56 Å². The van der Waals surface area contributed by atoms with Crippen molar-refractivity contribution >= 4 is 5.78 Å². The highest BCUT2D eigenvalue weighted by Gasteiger charge is 2.01. The number of nitrogens with zero attached hydrogens (tertiary/aromatic N) is 1. The molecule has 0 radical (unpaired) electrons. The predicted octanol–water partition coefficient (Wildman–Crippen LogP) is 1.64. The van der Waals surface area contributed by atoms with Gasteiger partial charge >= 0.3 is 0 Å². The summed E-state index contributed by atoms with van der Waals surface area (Å²) in [7, 11) is 0. The lowest BCUT2D eigenvalue weighted by atomic mass is 10.1. The maximum absolute atomic E-state index is 11.1. The normalized spacial score (nSPS) is 10.1. The van der Waals surface area contributed by atoms with Gasteiger partial charge < -0.3 is 4.98 Å². The molecule has 0 bridgehead atoms. The SMILES string of the molecule is CC(=O)c1ccc(-c2c[nH]c(=O)cn2)cc1. The number of hydrogen-bond donors (Lipinski definition) is 1. The van der Waals surface area contributed by atoms with Crippen LogP contribution in [-0.4, -0.2) is 15.8 Å². The molecule has 0 atom stereocenters. The van der Waals surface area contributed by atoms with Crippen molar-refractivity contribution in [3.05, 3.63) is 52.6 Å². The molecule has 1 aromatic carbocycles. The molecule has 16 heavy (non-hydrogen) atoms. The van der Waals surface area contributed by atoms with Gasteiger partial charge in [-0.1, -0.05) is 24.3 Å². The maximum atomic E-state index is 11.1. The summed E-state index contributed by atoms with van der Waals surface area (Å²) in [6, 6.07) is 7.09. The van der Waals surface area contributed by atoms with Crippen molar-refractivity contribution in [2.75, 3.05) is 0 Å². The van der Waals surface area contributed by atoms with Gasteiger partial charge in [0, 0.05) is 17.3 Å². The molecule has 1 heterocycles. The van der Waals surface area contributed by atoms with E-state index in [-0.39, 0.29) is 11.3 Å². The topological polar surface area (TPSA) is 62.8 Å². The Morgan fingerprint density at radius 3 is 2.44 bits per heavy atom. The number of Topliss-reactive ketones (excluding diaryl/α,β-unsaturated/α-hetero) is 1. The van der Waals surface area contributed by atoms with Crippen LogP contribution >= 0.6 is 0 Å². The zero-order chi connectivity index (χ0) is 11.5. The number of rotatable bonds is 2. The molecule has 0 saturated carbocycles. The molecule has 4 heteroatoms. The minimum absolute atomic E-state index is 0.0287. The highest BCUT2D eigenvalue weighted by molar-refractivity contribution is 5.94. The van der Waals surface area contributed by atoms with E-state index in [4.69, 9.17) is 0 Å². The largest absolute Gasteiger partial charge is 0.326 e. The Hall–Kier alpha value is -2.23. The molecule has 0 aliphatic heterocycles. The first kappa shape index (κ1) is 10.3. The van der Waals surface area contributed by atoms with Crippen molar-refractivity contribution < 1.29 is 4.79 Å². The summed E-state index contributed by atoms with van der Waals surface area (Å²) in [6.07, 6.45) is 2.78. The van der Waals surface area contributed by atoms with Crippen molar-refractivity contribution in [1.29, 1.82) is 0 Å². The summed E-state index contributed by atoms with van der Waals surface area (Å²) in [5.41, 5.74) is 1.97. The Labute approximate surface area is 92.0 Å². The van der Waals surface area contributed by atoms with Crippen molar-refractivity contribution in [1.82, 2.24) is 9.97 Å². The van der Waals surface area contributed by atoms with Crippen LogP contribution in [0.3, 0.4) is 0 Å². The van der Waals surface area contributed by atoms with Crippen molar-refractivity contribution in [2.24, 2.45) is 0 Å². The van der Waals surface area contributed by atoms with Crippen LogP contribution in [0.5, 0.6) is 0 Å². The molecule has 80 valence electrons. The van der Waals surface area contributed by atoms with Crippen LogP contribution in [0.1, 0.15) is 17.3 Å². The van der Waals surface area contributed by atoms with Gasteiger partial charge in [-0.05, 0) is 6.92 Å². The third-order valence-corrected chi connectivity index (χ3v) is 2.26. The second kappa shape index (κ2) is 4.10. The molecule has 0 aliphatic carbocycles. The number of nitrogens with one attached hydrogen (secondary N) is 1. The van der Waals surface area contributed by atoms with Crippen LogP contribution in [0.4, 0.5) is 0 Å². The van der Waals surface area contributed by atoms with E-state index in [2.05, 4.69) is 9.97 Å². The second-order valence-corrected chi connectivity index (χ2v) is 3.43. The van der Waals surface area contributed by atoms with E-state index in [1.165, 1.54) is 13.1 Å². The molecule has 0 fully saturated rings. The first-order chi connectivity index (χ1) is 7.66. The van der Waals surface area contributed by atoms with E-state index < -0.39 is 0 Å². The van der Waals surface area contributed by atoms with E-state index in [1.54, 1.807) is 30.5 Å². The van der Waals surface area contributed by atoms with E-state index in [0.29, 0.717) is 11.3 Å². The van der Waals surface area contributed by atoms with E-state index >= 15 is 0 Å². The fourth-order valence-electron chi connectivity index (χ4n) is 1.38. The summed E-state index contributed by atoms with van der Waals surface area (Å²) in [5, 5.41) is 0. The molecular weight excluding hydrogens is 204 g/mol. The van der Waals surface area contributed by atoms with Crippen LogP contribution in [0.2, 0.25) is 0 Å². The van der Waals surface area contributed by atoms with E-state index in [9.17, 15) is 9.59 Å². The Kier molecular flexibility index (Phi) is 2.64. The number of aromatic amines is 1. The Bertz CT molecular complexity index is 550. The predicted molar refractivity (Wildman–Crippen MR) is 60.3 cm³/mol. The lowest BCUT2D eigenvalue weighted by Crippen LogP contribution is -2.04. The number of H-pyrrole nitrogens is 1. The van der Waals surface area contributed by atoms with Gasteiger partial charge in [-0.3, -0.25) is 9.59 Å². The number of hydrogen-bond acceptors (Lipinski definition) is 3. The number of ketones is 1. The van der Waals surface area contributed by atoms with Crippen molar-refractivity contribution in [2.45, 2.75) is 6.92 Å². The van der Waals surface area contributed by atoms with Gasteiger partial charge in [0.1, 0.15) is 0 Å². The first-order valence-electron chi connectivity index (χ1n) is 4.83. The Morgan fingerprint density at radius 2 is 1.94 bits per heavy atom. The quantitative estimate of drug-likeness (QED) is 0.773. The van der Waals surface area contributed by atoms with Crippen molar-refractivity contribution in [3.8, 4) is 11.3 Å². The highest BCUT2D eigenvalue weighted by atomic mass is 16.1. The monoisotopic (exact) mass is 214 g/mol. The molecule has 0 aliphatic rings. The summed E-state index contributed by atoms with van der Waals surface area (Å²) in [5.74, 6) is 0.0287. The lowest BCUT2D eigenvalue weighted by Gasteiger charge is -2.00. The van der Waals surface area contributed by atoms with Gasteiger partial charge in [-0.15, -0.1) is 0 Å². The van der Waals surface area contributed by atoms with E-state index in [1.807, 2.05) is 0 Å². The molecule has 0 saturated heterocycles. The summed E-state index contributed by atoms with van der Waals surface area (Å²) < 4.78 is 0. The Morgan fingerprint density at radius 1 is 1.25 bits per heavy atom. The molecule has 0 amide bonds. The third-order valence-electron chi connectivity index (χ3n) is 2.26. The van der Waals surface area contributed by atoms with E-state index in [0.717, 1.165) is 5.56 Å². The average Bonchev–Trinajstić information content (AvgIpc) is 2.30. The number of benzene rings is 1. The summed E-state index contributed by atoms with van der Waals surface area (Å²) in [6.45, 7) is 1.52. The average molecular weight is 214 g/mol. The molecule has 1 aromatic heterocycles. The molecule has 1 N–H and O–H groups in total. The molecule has 0 spiro atoms. The molecule has 4 nitrogen and oxygen atoms in total. The highest BCUT2D eigenvalue weighted by Crippen LogP contribution is 2.15. The van der Waals surface area contributed by atoms with Gasteiger partial charge in [-0.2, -0.15) is 0 Å². The van der Waals surface area contributed by atoms with Crippen LogP contribution in [-0.2, 0) is 0 Å². The lowest BCUT2D eigenvalue weighted by molar-refractivity contribution is 0.101. The molecule has 2 aromatic rings. The second-order valence-electron chi connectivity index (χ2n) is 3.43. The maximum Gasteiger partial charge on any atom is 0.266 e. The van der Waals surface area contributed by atoms with Crippen LogP contribution in [0.25, 0.3) is 11.3 Å². The Balaban J connectivity index is 2.38. The summed E-state index contributed by atoms with van der Waals surface area (Å²) >= 11 is 0. The molecule has 2 rings (SSSR count). The van der Waals surface area contributed by atoms with Crippen LogP contribution in [0.15, 0.2) is 41.5 Å². The zero-order valence-electron chi connectivity index (χ0n) is 8.73. The first-order valence-corrected chi connectivity index (χ1v) is 4.83. The fourth-order valence-corrected chi connectivity index (χ4v) is 1.38. The summed E-state index contributed by atoms with van der Waals surface area (Å²) in [4.78, 5) is 28.5. The number of carbonyl (C=O) groups is 1. The minimum atomic E-state index is -0.232. The molecular formula is C12H10N2O2. The van der Waals surface area contributed by atoms with Crippen LogP contribution < -0.4 is 5.56 Å². The third kappa shape index (κ3) is 2.06. The van der Waals surface area contributed by atoms with Gasteiger partial charge in [0.05, 0.1) is 11.9 Å². The fraction of sp³-hybridized carbons (Fsp3) is 0.0833. The minimum Gasteiger partial charge on any atom is -0.326 e. The molecule has 0 unspecified atom stereocenters. The van der Waals surface area contributed by atoms with Crippen molar-refractivity contribution in [3.63, 3.8) is 0 Å². The van der Waals surface area contributed by atoms with Gasteiger partial charge in [0.2, 0.25) is 0 Å². The zero-order valence-corrected chi connectivity index (χ0v) is 8.73. The van der Waals surface area contributed by atoms with Gasteiger partial charge in [0.15, 0.2) is 5.78 Å². The smallest absolute Gasteiger partial charge is 0.266 e. The van der Waals surface area contributed by atoms with Crippen LogP contribution in [0, 0.1) is 0 Å². The number of carbonyl (C=O) groups excluding carboxylic acids is 1. The number of aromatic nitrogens is 2. The van der Waals surface area contributed by atoms with Gasteiger partial charge in [-0.25, -0.2) is 4.98 Å². The standard InChI is InChI=1S/C12H10N2O2/c1-8(15)9-2-4-10(5-3-9)11-6-14-12(16)7-13-11/h2-7H,1H3,(H,14,16).